The Morgan fingerprint density at radius 1 is 0.946 bits per heavy atom. The number of nitrogens with two attached hydrogens (primary N) is 1. The molecule has 9 nitrogen and oxygen atoms in total. The molecule has 37 heavy (non-hydrogen) atoms. The minimum absolute atomic E-state index is 0.433. The highest BCUT2D eigenvalue weighted by atomic mass is 16.6. The predicted octanol–water partition coefficient (Wildman–Crippen LogP) is 3.83. The molecule has 2 aromatic rings. The van der Waals surface area contributed by atoms with E-state index in [4.69, 9.17) is 10.5 Å². The van der Waals surface area contributed by atoms with E-state index in [9.17, 15) is 19.2 Å². The van der Waals surface area contributed by atoms with Crippen LogP contribution in [0, 0.1) is 27.7 Å². The van der Waals surface area contributed by atoms with Crippen molar-refractivity contribution >= 4 is 29.5 Å². The third kappa shape index (κ3) is 7.80. The third-order valence-corrected chi connectivity index (χ3v) is 6.05. The Labute approximate surface area is 218 Å². The average molecular weight is 511 g/mol. The van der Waals surface area contributed by atoms with Gasteiger partial charge in [0.2, 0.25) is 11.8 Å². The van der Waals surface area contributed by atoms with Gasteiger partial charge in [-0.1, -0.05) is 36.4 Å². The highest BCUT2D eigenvalue weighted by molar-refractivity contribution is 6.00. The van der Waals surface area contributed by atoms with Crippen LogP contribution in [-0.4, -0.2) is 47.4 Å². The van der Waals surface area contributed by atoms with Crippen LogP contribution >= 0.6 is 0 Å². The number of likely N-dealkylation sites (N-methyl/N-ethyl adjacent to an activating group) is 1. The van der Waals surface area contributed by atoms with Crippen molar-refractivity contribution in [2.45, 2.75) is 72.6 Å². The summed E-state index contributed by atoms with van der Waals surface area (Å²) in [5.41, 5.74) is 9.38. The second-order valence-electron chi connectivity index (χ2n) is 10.3. The van der Waals surface area contributed by atoms with E-state index in [1.807, 2.05) is 58.0 Å². The number of rotatable bonds is 8. The van der Waals surface area contributed by atoms with Gasteiger partial charge in [0.1, 0.15) is 17.7 Å². The van der Waals surface area contributed by atoms with E-state index in [0.29, 0.717) is 11.3 Å². The number of hydrogen-bond acceptors (Lipinski definition) is 5. The van der Waals surface area contributed by atoms with Crippen LogP contribution in [0.2, 0.25) is 0 Å². The molecule has 2 aromatic carbocycles. The molecule has 0 spiro atoms. The summed E-state index contributed by atoms with van der Waals surface area (Å²) in [6.07, 6.45) is -1.33. The van der Waals surface area contributed by atoms with Gasteiger partial charge in [-0.2, -0.15) is 0 Å². The van der Waals surface area contributed by atoms with Crippen LogP contribution in [0.15, 0.2) is 36.4 Å². The lowest BCUT2D eigenvalue weighted by atomic mass is 9.95. The zero-order valence-electron chi connectivity index (χ0n) is 22.9. The number of nitrogens with one attached hydrogen (secondary N) is 2. The fourth-order valence-electron chi connectivity index (χ4n) is 4.02. The molecule has 0 bridgehead atoms. The molecular weight excluding hydrogens is 472 g/mol. The van der Waals surface area contributed by atoms with Gasteiger partial charge in [-0.15, -0.1) is 0 Å². The molecule has 0 fully saturated rings. The van der Waals surface area contributed by atoms with E-state index in [1.54, 1.807) is 26.8 Å². The molecule has 2 rings (SSSR count). The molecule has 2 unspecified atom stereocenters. The van der Waals surface area contributed by atoms with Gasteiger partial charge in [-0.3, -0.25) is 14.4 Å². The van der Waals surface area contributed by atoms with E-state index in [2.05, 4.69) is 10.6 Å². The Kier molecular flexibility index (Phi) is 9.44. The molecule has 2 atom stereocenters. The number of para-hydroxylation sites is 1. The van der Waals surface area contributed by atoms with Crippen molar-refractivity contribution in [3.8, 4) is 0 Å². The van der Waals surface area contributed by atoms with Gasteiger partial charge in [0.15, 0.2) is 0 Å². The number of nitrogens with zero attached hydrogens (tertiary/aromatic N) is 1. The first-order valence-electron chi connectivity index (χ1n) is 12.1. The maximum absolute atomic E-state index is 13.8. The summed E-state index contributed by atoms with van der Waals surface area (Å²) in [5, 5.41) is 5.41. The molecule has 4 N–H and O–H groups in total. The Hall–Kier alpha value is -3.88. The van der Waals surface area contributed by atoms with E-state index < -0.39 is 47.9 Å². The zero-order chi connectivity index (χ0) is 28.1. The summed E-state index contributed by atoms with van der Waals surface area (Å²) in [6, 6.07) is 8.81. The number of benzene rings is 2. The quantitative estimate of drug-likeness (QED) is 0.497. The second kappa shape index (κ2) is 11.9. The minimum Gasteiger partial charge on any atom is -0.444 e. The SMILES string of the molecule is Cc1cccc(C(C(=O)Nc2c(C)cccc2C)N(C)C(=O)C(CC(N)=O)NC(=O)OC(C)(C)C)c1C. The summed E-state index contributed by atoms with van der Waals surface area (Å²) >= 11 is 0. The number of carbonyl (C=O) groups is 4. The number of primary amides is 1. The zero-order valence-corrected chi connectivity index (χ0v) is 22.9. The third-order valence-electron chi connectivity index (χ3n) is 6.05. The first kappa shape index (κ1) is 29.4. The fraction of sp³-hybridized carbons (Fsp3) is 0.429. The number of aryl methyl sites for hydroxylation is 3. The lowest BCUT2D eigenvalue weighted by Crippen LogP contribution is -2.52. The molecule has 0 aromatic heterocycles. The smallest absolute Gasteiger partial charge is 0.408 e. The highest BCUT2D eigenvalue weighted by Gasteiger charge is 2.36. The van der Waals surface area contributed by atoms with Crippen molar-refractivity contribution in [3.05, 3.63) is 64.2 Å². The summed E-state index contributed by atoms with van der Waals surface area (Å²) in [4.78, 5) is 52.9. The van der Waals surface area contributed by atoms with Crippen LogP contribution in [-0.2, 0) is 19.1 Å². The molecule has 4 amide bonds. The van der Waals surface area contributed by atoms with Gasteiger partial charge in [0.05, 0.1) is 6.42 Å². The van der Waals surface area contributed by atoms with E-state index in [1.165, 1.54) is 11.9 Å². The normalized spacial score (nSPS) is 12.8. The minimum atomic E-state index is -1.32. The molecule has 0 aliphatic heterocycles. The molecule has 0 saturated carbocycles. The van der Waals surface area contributed by atoms with Gasteiger partial charge in [0, 0.05) is 12.7 Å². The van der Waals surface area contributed by atoms with Crippen molar-refractivity contribution in [1.29, 1.82) is 0 Å². The predicted molar refractivity (Wildman–Crippen MR) is 143 cm³/mol. The number of carbonyl (C=O) groups excluding carboxylic acids is 4. The lowest BCUT2D eigenvalue weighted by Gasteiger charge is -2.32. The number of alkyl carbamates (subject to hydrolysis) is 1. The monoisotopic (exact) mass is 510 g/mol. The molecule has 0 radical (unpaired) electrons. The van der Waals surface area contributed by atoms with E-state index in [0.717, 1.165) is 22.3 Å². The van der Waals surface area contributed by atoms with Crippen molar-refractivity contribution < 1.29 is 23.9 Å². The molecule has 0 aliphatic rings. The van der Waals surface area contributed by atoms with Gasteiger partial charge in [0.25, 0.3) is 5.91 Å². The molecular formula is C28H38N4O5. The van der Waals surface area contributed by atoms with Gasteiger partial charge in [-0.05, 0) is 76.3 Å². The van der Waals surface area contributed by atoms with E-state index >= 15 is 0 Å². The van der Waals surface area contributed by atoms with Crippen LogP contribution in [0.1, 0.15) is 61.1 Å². The topological polar surface area (TPSA) is 131 Å². The maximum atomic E-state index is 13.8. The maximum Gasteiger partial charge on any atom is 0.408 e. The summed E-state index contributed by atoms with van der Waals surface area (Å²) in [6.45, 7) is 12.6. The van der Waals surface area contributed by atoms with Crippen molar-refractivity contribution in [2.24, 2.45) is 5.73 Å². The van der Waals surface area contributed by atoms with Crippen molar-refractivity contribution in [1.82, 2.24) is 10.2 Å². The first-order chi connectivity index (χ1) is 17.1. The lowest BCUT2D eigenvalue weighted by molar-refractivity contribution is -0.140. The number of amides is 4. The Morgan fingerprint density at radius 3 is 2.03 bits per heavy atom. The fourth-order valence-corrected chi connectivity index (χ4v) is 4.02. The molecule has 9 heteroatoms. The van der Waals surface area contributed by atoms with Gasteiger partial charge >= 0.3 is 6.09 Å². The molecule has 0 aliphatic carbocycles. The second-order valence-corrected chi connectivity index (χ2v) is 10.3. The van der Waals surface area contributed by atoms with Crippen molar-refractivity contribution in [3.63, 3.8) is 0 Å². The standard InChI is InChI=1S/C28H38N4O5/c1-16-11-10-14-20(19(16)4)24(25(34)31-23-17(2)12-9-13-18(23)3)32(8)26(35)21(15-22(29)33)30-27(36)37-28(5,6)7/h9-14,21,24H,15H2,1-8H3,(H2,29,33)(H,30,36)(H,31,34). The highest BCUT2D eigenvalue weighted by Crippen LogP contribution is 2.29. The summed E-state index contributed by atoms with van der Waals surface area (Å²) in [5.74, 6) is -1.88. The first-order valence-corrected chi connectivity index (χ1v) is 12.1. The van der Waals surface area contributed by atoms with Gasteiger partial charge < -0.3 is 26.0 Å². The Balaban J connectivity index is 2.50. The summed E-state index contributed by atoms with van der Waals surface area (Å²) < 4.78 is 5.26. The Morgan fingerprint density at radius 2 is 1.49 bits per heavy atom. The number of ether oxygens (including phenoxy) is 1. The average Bonchev–Trinajstić information content (AvgIpc) is 2.76. The Bertz CT molecular complexity index is 1170. The molecule has 200 valence electrons. The van der Waals surface area contributed by atoms with Crippen LogP contribution in [0.25, 0.3) is 0 Å². The van der Waals surface area contributed by atoms with Crippen LogP contribution in [0.4, 0.5) is 10.5 Å². The largest absolute Gasteiger partial charge is 0.444 e. The van der Waals surface area contributed by atoms with E-state index in [-0.39, 0.29) is 0 Å². The van der Waals surface area contributed by atoms with Crippen molar-refractivity contribution in [2.75, 3.05) is 12.4 Å². The van der Waals surface area contributed by atoms with Gasteiger partial charge in [-0.25, -0.2) is 4.79 Å². The number of anilines is 1. The van der Waals surface area contributed by atoms with Crippen LogP contribution in [0.3, 0.4) is 0 Å². The number of hydrogen-bond donors (Lipinski definition) is 3. The molecule has 0 heterocycles. The van der Waals surface area contributed by atoms with Crippen LogP contribution < -0.4 is 16.4 Å². The van der Waals surface area contributed by atoms with Crippen LogP contribution in [0.5, 0.6) is 0 Å². The molecule has 0 saturated heterocycles. The summed E-state index contributed by atoms with van der Waals surface area (Å²) in [7, 11) is 1.46.